The first kappa shape index (κ1) is 12.7. The first-order valence-corrected chi connectivity index (χ1v) is 6.01. The SMILES string of the molecule is Cn1cc(C(=O)C=Cc2ccc(F)c(Br)c2)cn1. The lowest BCUT2D eigenvalue weighted by Crippen LogP contribution is -1.92. The number of halogens is 2. The molecule has 5 heteroatoms. The van der Waals surface area contributed by atoms with Gasteiger partial charge in [-0.15, -0.1) is 0 Å². The minimum Gasteiger partial charge on any atom is -0.289 e. The van der Waals surface area contributed by atoms with E-state index in [1.807, 2.05) is 0 Å². The molecule has 2 aromatic rings. The number of aryl methyl sites for hydroxylation is 1. The number of hydrogen-bond donors (Lipinski definition) is 0. The molecule has 3 nitrogen and oxygen atoms in total. The number of aromatic nitrogens is 2. The molecule has 0 aliphatic heterocycles. The zero-order valence-electron chi connectivity index (χ0n) is 9.60. The van der Waals surface area contributed by atoms with Crippen LogP contribution in [-0.4, -0.2) is 15.6 Å². The summed E-state index contributed by atoms with van der Waals surface area (Å²) in [6, 6.07) is 4.56. The average Bonchev–Trinajstić information content (AvgIpc) is 2.77. The van der Waals surface area contributed by atoms with E-state index in [1.165, 1.54) is 18.3 Å². The molecular weight excluding hydrogens is 299 g/mol. The number of hydrogen-bond acceptors (Lipinski definition) is 2. The minimum atomic E-state index is -0.328. The smallest absolute Gasteiger partial charge is 0.189 e. The molecule has 0 fully saturated rings. The second kappa shape index (κ2) is 5.27. The summed E-state index contributed by atoms with van der Waals surface area (Å²) in [6.07, 6.45) is 6.23. The maximum absolute atomic E-state index is 13.0. The molecule has 1 aromatic heterocycles. The third kappa shape index (κ3) is 2.92. The second-order valence-electron chi connectivity index (χ2n) is 3.77. The number of allylic oxidation sites excluding steroid dienone is 1. The quantitative estimate of drug-likeness (QED) is 0.644. The van der Waals surface area contributed by atoms with Crippen LogP contribution in [0.15, 0.2) is 41.1 Å². The zero-order chi connectivity index (χ0) is 13.1. The van der Waals surface area contributed by atoms with E-state index in [2.05, 4.69) is 21.0 Å². The summed E-state index contributed by atoms with van der Waals surface area (Å²) in [6.45, 7) is 0. The van der Waals surface area contributed by atoms with Gasteiger partial charge in [0.15, 0.2) is 5.78 Å². The predicted octanol–water partition coefficient (Wildman–Crippen LogP) is 3.22. The molecule has 0 saturated heterocycles. The second-order valence-corrected chi connectivity index (χ2v) is 4.63. The van der Waals surface area contributed by atoms with E-state index in [9.17, 15) is 9.18 Å². The molecular formula is C13H10BrFN2O. The summed E-state index contributed by atoms with van der Waals surface area (Å²) in [7, 11) is 1.75. The molecule has 0 N–H and O–H groups in total. The first-order valence-electron chi connectivity index (χ1n) is 5.22. The molecule has 0 atom stereocenters. The summed E-state index contributed by atoms with van der Waals surface area (Å²) < 4.78 is 15.0. The van der Waals surface area contributed by atoms with Crippen LogP contribution in [0, 0.1) is 5.82 Å². The highest BCUT2D eigenvalue weighted by molar-refractivity contribution is 9.10. The van der Waals surface area contributed by atoms with Crippen LogP contribution >= 0.6 is 15.9 Å². The fourth-order valence-corrected chi connectivity index (χ4v) is 1.83. The maximum Gasteiger partial charge on any atom is 0.189 e. The number of carbonyl (C=O) groups is 1. The topological polar surface area (TPSA) is 34.9 Å². The van der Waals surface area contributed by atoms with Crippen molar-refractivity contribution in [1.82, 2.24) is 9.78 Å². The van der Waals surface area contributed by atoms with Gasteiger partial charge < -0.3 is 0 Å². The van der Waals surface area contributed by atoms with Crippen molar-refractivity contribution in [2.45, 2.75) is 0 Å². The van der Waals surface area contributed by atoms with Crippen LogP contribution in [0.3, 0.4) is 0 Å². The maximum atomic E-state index is 13.0. The van der Waals surface area contributed by atoms with Crippen molar-refractivity contribution in [3.63, 3.8) is 0 Å². The van der Waals surface area contributed by atoms with Crippen molar-refractivity contribution in [3.8, 4) is 0 Å². The summed E-state index contributed by atoms with van der Waals surface area (Å²) in [5, 5.41) is 3.92. The van der Waals surface area contributed by atoms with E-state index in [4.69, 9.17) is 0 Å². The van der Waals surface area contributed by atoms with E-state index in [-0.39, 0.29) is 11.6 Å². The Morgan fingerprint density at radius 2 is 2.28 bits per heavy atom. The molecule has 0 amide bonds. The Morgan fingerprint density at radius 1 is 1.50 bits per heavy atom. The number of benzene rings is 1. The van der Waals surface area contributed by atoms with Crippen LogP contribution < -0.4 is 0 Å². The normalized spacial score (nSPS) is 11.1. The molecule has 0 spiro atoms. The monoisotopic (exact) mass is 308 g/mol. The molecule has 0 radical (unpaired) electrons. The highest BCUT2D eigenvalue weighted by Crippen LogP contribution is 2.17. The van der Waals surface area contributed by atoms with E-state index in [1.54, 1.807) is 36.1 Å². The van der Waals surface area contributed by atoms with Crippen molar-refractivity contribution < 1.29 is 9.18 Å². The molecule has 0 saturated carbocycles. The van der Waals surface area contributed by atoms with Gasteiger partial charge in [0.2, 0.25) is 0 Å². The fourth-order valence-electron chi connectivity index (χ4n) is 1.43. The summed E-state index contributed by atoms with van der Waals surface area (Å²) in [4.78, 5) is 11.8. The Bertz CT molecular complexity index is 619. The van der Waals surface area contributed by atoms with E-state index in [0.717, 1.165) is 5.56 Å². The van der Waals surface area contributed by atoms with Gasteiger partial charge in [-0.05, 0) is 39.7 Å². The van der Waals surface area contributed by atoms with E-state index < -0.39 is 0 Å². The van der Waals surface area contributed by atoms with Gasteiger partial charge >= 0.3 is 0 Å². The Balaban J connectivity index is 2.15. The molecule has 1 heterocycles. The standard InChI is InChI=1S/C13H10BrFN2O/c1-17-8-10(7-16-17)13(18)5-3-9-2-4-12(15)11(14)6-9/h2-8H,1H3. The van der Waals surface area contributed by atoms with Gasteiger partial charge in [-0.1, -0.05) is 12.1 Å². The van der Waals surface area contributed by atoms with E-state index >= 15 is 0 Å². The van der Waals surface area contributed by atoms with Crippen LogP contribution in [0.2, 0.25) is 0 Å². The van der Waals surface area contributed by atoms with Gasteiger partial charge in [0.1, 0.15) is 5.82 Å². The first-order chi connectivity index (χ1) is 8.56. The molecule has 0 aliphatic rings. The van der Waals surface area contributed by atoms with Gasteiger partial charge in [-0.2, -0.15) is 5.10 Å². The van der Waals surface area contributed by atoms with Gasteiger partial charge in [-0.25, -0.2) is 4.39 Å². The molecule has 18 heavy (non-hydrogen) atoms. The van der Waals surface area contributed by atoms with E-state index in [0.29, 0.717) is 10.0 Å². The number of nitrogens with zero attached hydrogens (tertiary/aromatic N) is 2. The number of ketones is 1. The molecule has 1 aromatic carbocycles. The number of rotatable bonds is 3. The van der Waals surface area contributed by atoms with Crippen molar-refractivity contribution >= 4 is 27.8 Å². The molecule has 0 bridgehead atoms. The average molecular weight is 309 g/mol. The Kier molecular flexibility index (Phi) is 3.72. The van der Waals surface area contributed by atoms with Crippen molar-refractivity contribution in [3.05, 3.63) is 58.1 Å². The van der Waals surface area contributed by atoms with Gasteiger partial charge in [0.05, 0.1) is 16.2 Å². The lowest BCUT2D eigenvalue weighted by atomic mass is 10.1. The Morgan fingerprint density at radius 3 is 2.89 bits per heavy atom. The lowest BCUT2D eigenvalue weighted by molar-refractivity contribution is 0.104. The van der Waals surface area contributed by atoms with Crippen molar-refractivity contribution in [1.29, 1.82) is 0 Å². The van der Waals surface area contributed by atoms with Crippen LogP contribution in [0.1, 0.15) is 15.9 Å². The highest BCUT2D eigenvalue weighted by Gasteiger charge is 2.04. The minimum absolute atomic E-state index is 0.136. The van der Waals surface area contributed by atoms with Crippen molar-refractivity contribution in [2.24, 2.45) is 7.05 Å². The highest BCUT2D eigenvalue weighted by atomic mass is 79.9. The molecule has 92 valence electrons. The predicted molar refractivity (Wildman–Crippen MR) is 70.7 cm³/mol. The zero-order valence-corrected chi connectivity index (χ0v) is 11.2. The molecule has 0 unspecified atom stereocenters. The third-order valence-electron chi connectivity index (χ3n) is 2.36. The largest absolute Gasteiger partial charge is 0.289 e. The van der Waals surface area contributed by atoms with Crippen molar-refractivity contribution in [2.75, 3.05) is 0 Å². The molecule has 2 rings (SSSR count). The van der Waals surface area contributed by atoms with Gasteiger partial charge in [0.25, 0.3) is 0 Å². The van der Waals surface area contributed by atoms with Crippen LogP contribution in [0.4, 0.5) is 4.39 Å². The van der Waals surface area contributed by atoms with Crippen LogP contribution in [0.25, 0.3) is 6.08 Å². The summed E-state index contributed by atoms with van der Waals surface area (Å²) in [5.74, 6) is -0.464. The summed E-state index contributed by atoms with van der Waals surface area (Å²) in [5.41, 5.74) is 1.27. The number of carbonyl (C=O) groups excluding carboxylic acids is 1. The van der Waals surface area contributed by atoms with Gasteiger partial charge in [-0.3, -0.25) is 9.48 Å². The van der Waals surface area contributed by atoms with Crippen LogP contribution in [-0.2, 0) is 7.05 Å². The van der Waals surface area contributed by atoms with Gasteiger partial charge in [0, 0.05) is 13.2 Å². The fraction of sp³-hybridized carbons (Fsp3) is 0.0769. The molecule has 0 aliphatic carbocycles. The Labute approximate surface area is 112 Å². The third-order valence-corrected chi connectivity index (χ3v) is 2.97. The Hall–Kier alpha value is -1.75. The summed E-state index contributed by atoms with van der Waals surface area (Å²) >= 11 is 3.09. The van der Waals surface area contributed by atoms with Crippen LogP contribution in [0.5, 0.6) is 0 Å². The lowest BCUT2D eigenvalue weighted by Gasteiger charge is -1.96.